The lowest BCUT2D eigenvalue weighted by molar-refractivity contribution is 0.0695. The van der Waals surface area contributed by atoms with Crippen LogP contribution >= 0.6 is 0 Å². The highest BCUT2D eigenvalue weighted by molar-refractivity contribution is 5.95. The molecule has 30 heavy (non-hydrogen) atoms. The molecule has 0 atom stereocenters. The van der Waals surface area contributed by atoms with Gasteiger partial charge in [0.1, 0.15) is 0 Å². The van der Waals surface area contributed by atoms with Crippen LogP contribution in [0.2, 0.25) is 0 Å². The maximum absolute atomic E-state index is 5.64. The molecule has 5 heteroatoms. The highest BCUT2D eigenvalue weighted by Gasteiger charge is 2.16. The number of aromatic nitrogens is 1. The Morgan fingerprint density at radius 1 is 1.03 bits per heavy atom. The molecule has 0 amide bonds. The van der Waals surface area contributed by atoms with E-state index in [2.05, 4.69) is 58.8 Å². The van der Waals surface area contributed by atoms with E-state index in [4.69, 9.17) is 14.2 Å². The van der Waals surface area contributed by atoms with Crippen molar-refractivity contribution < 1.29 is 14.2 Å². The number of nitrogens with one attached hydrogen (secondary N) is 2. The van der Waals surface area contributed by atoms with Crippen LogP contribution in [-0.2, 0) is 20.6 Å². The number of hydrogen-bond acceptors (Lipinski definition) is 4. The van der Waals surface area contributed by atoms with Gasteiger partial charge in [-0.2, -0.15) is 0 Å². The molecule has 0 radical (unpaired) electrons. The van der Waals surface area contributed by atoms with Crippen LogP contribution in [0.25, 0.3) is 22.2 Å². The molecule has 0 saturated carbocycles. The summed E-state index contributed by atoms with van der Waals surface area (Å²) in [4.78, 5) is 3.66. The summed E-state index contributed by atoms with van der Waals surface area (Å²) in [5.74, 6) is 0. The Labute approximate surface area is 178 Å². The van der Waals surface area contributed by atoms with Crippen LogP contribution in [0.3, 0.4) is 0 Å². The monoisotopic (exact) mass is 408 g/mol. The van der Waals surface area contributed by atoms with Crippen molar-refractivity contribution >= 4 is 16.6 Å². The number of methoxy groups -OCH3 is 1. The summed E-state index contributed by atoms with van der Waals surface area (Å²) < 4.78 is 16.2. The number of fused-ring (bicyclic) bond motifs is 1. The average molecular weight is 409 g/mol. The molecule has 2 heterocycles. The Morgan fingerprint density at radius 3 is 2.67 bits per heavy atom. The second-order valence-corrected chi connectivity index (χ2v) is 7.90. The van der Waals surface area contributed by atoms with E-state index in [1.54, 1.807) is 7.11 Å². The fraction of sp³-hybridized carbons (Fsp3) is 0.440. The number of hydrogen-bond donors (Lipinski definition) is 2. The van der Waals surface area contributed by atoms with E-state index in [9.17, 15) is 0 Å². The van der Waals surface area contributed by atoms with Gasteiger partial charge in [-0.15, -0.1) is 0 Å². The number of ether oxygens (including phenoxy) is 3. The molecule has 3 aromatic rings. The maximum Gasteiger partial charge on any atom is 0.0700 e. The standard InChI is InChI=1S/C25H32N2O3/c1-28-14-15-29-11-5-6-19-16-21-18-23(20-7-3-2-4-8-20)27-25(21)24(17-19)26-22-9-12-30-13-10-22/h2-4,7-8,16-18,22,26-27H,5-6,9-15H2,1H3. The highest BCUT2D eigenvalue weighted by Crippen LogP contribution is 2.32. The van der Waals surface area contributed by atoms with Gasteiger partial charge in [-0.05, 0) is 55.0 Å². The van der Waals surface area contributed by atoms with Crippen molar-refractivity contribution in [2.75, 3.05) is 45.5 Å². The van der Waals surface area contributed by atoms with Gasteiger partial charge in [-0.25, -0.2) is 0 Å². The fourth-order valence-corrected chi connectivity index (χ4v) is 4.02. The summed E-state index contributed by atoms with van der Waals surface area (Å²) in [6.07, 6.45) is 4.09. The fourth-order valence-electron chi connectivity index (χ4n) is 4.02. The van der Waals surface area contributed by atoms with E-state index in [1.807, 2.05) is 0 Å². The molecular formula is C25H32N2O3. The molecule has 160 valence electrons. The van der Waals surface area contributed by atoms with Crippen LogP contribution in [0.1, 0.15) is 24.8 Å². The van der Waals surface area contributed by atoms with Gasteiger partial charge in [-0.3, -0.25) is 0 Å². The molecule has 2 N–H and O–H groups in total. The van der Waals surface area contributed by atoms with Gasteiger partial charge in [0.05, 0.1) is 24.4 Å². The topological polar surface area (TPSA) is 55.5 Å². The molecule has 0 bridgehead atoms. The van der Waals surface area contributed by atoms with Crippen LogP contribution in [-0.4, -0.2) is 51.2 Å². The lowest BCUT2D eigenvalue weighted by Gasteiger charge is -2.24. The van der Waals surface area contributed by atoms with Gasteiger partial charge in [-0.1, -0.05) is 30.3 Å². The summed E-state index contributed by atoms with van der Waals surface area (Å²) >= 11 is 0. The smallest absolute Gasteiger partial charge is 0.0700 e. The summed E-state index contributed by atoms with van der Waals surface area (Å²) in [5.41, 5.74) is 6.07. The molecule has 1 fully saturated rings. The first-order chi connectivity index (χ1) is 14.8. The predicted molar refractivity (Wildman–Crippen MR) is 122 cm³/mol. The molecule has 1 saturated heterocycles. The molecule has 4 rings (SSSR count). The molecule has 2 aromatic carbocycles. The zero-order valence-electron chi connectivity index (χ0n) is 17.8. The second-order valence-electron chi connectivity index (χ2n) is 7.90. The lowest BCUT2D eigenvalue weighted by atomic mass is 10.0. The number of aryl methyl sites for hydroxylation is 1. The van der Waals surface area contributed by atoms with E-state index in [0.29, 0.717) is 19.3 Å². The van der Waals surface area contributed by atoms with Crippen molar-refractivity contribution in [1.29, 1.82) is 0 Å². The maximum atomic E-state index is 5.64. The van der Waals surface area contributed by atoms with E-state index >= 15 is 0 Å². The van der Waals surface area contributed by atoms with Gasteiger partial charge in [0.15, 0.2) is 0 Å². The number of H-pyrrole nitrogens is 1. The molecule has 0 spiro atoms. The number of aromatic amines is 1. The Hall–Kier alpha value is -2.34. The molecule has 1 aliphatic heterocycles. The second kappa shape index (κ2) is 10.6. The van der Waals surface area contributed by atoms with Crippen molar-refractivity contribution in [3.05, 3.63) is 54.1 Å². The number of rotatable bonds is 10. The normalized spacial score (nSPS) is 15.0. The van der Waals surface area contributed by atoms with Crippen molar-refractivity contribution in [3.63, 3.8) is 0 Å². The first-order valence-electron chi connectivity index (χ1n) is 11.0. The van der Waals surface area contributed by atoms with E-state index < -0.39 is 0 Å². The zero-order chi connectivity index (χ0) is 20.6. The zero-order valence-corrected chi connectivity index (χ0v) is 17.8. The van der Waals surface area contributed by atoms with Gasteiger partial charge in [0.2, 0.25) is 0 Å². The van der Waals surface area contributed by atoms with Crippen molar-refractivity contribution in [2.45, 2.75) is 31.7 Å². The van der Waals surface area contributed by atoms with Gasteiger partial charge in [0.25, 0.3) is 0 Å². The Morgan fingerprint density at radius 2 is 1.87 bits per heavy atom. The first kappa shape index (κ1) is 20.9. The molecule has 0 aliphatic carbocycles. The lowest BCUT2D eigenvalue weighted by Crippen LogP contribution is -2.28. The Balaban J connectivity index is 1.55. The molecule has 0 unspecified atom stereocenters. The van der Waals surface area contributed by atoms with Gasteiger partial charge < -0.3 is 24.5 Å². The summed E-state index contributed by atoms with van der Waals surface area (Å²) in [6, 6.07) is 17.8. The van der Waals surface area contributed by atoms with Crippen molar-refractivity contribution in [3.8, 4) is 11.3 Å². The van der Waals surface area contributed by atoms with Crippen LogP contribution < -0.4 is 5.32 Å². The minimum Gasteiger partial charge on any atom is -0.382 e. The number of benzene rings is 2. The minimum atomic E-state index is 0.457. The van der Waals surface area contributed by atoms with E-state index in [-0.39, 0.29) is 0 Å². The van der Waals surface area contributed by atoms with Gasteiger partial charge in [0, 0.05) is 44.1 Å². The minimum absolute atomic E-state index is 0.457. The summed E-state index contributed by atoms with van der Waals surface area (Å²) in [6.45, 7) is 3.73. The average Bonchev–Trinajstić information content (AvgIpc) is 3.22. The first-order valence-corrected chi connectivity index (χ1v) is 11.0. The molecule has 1 aliphatic rings. The van der Waals surface area contributed by atoms with Crippen LogP contribution in [0.4, 0.5) is 5.69 Å². The quantitative estimate of drug-likeness (QED) is 0.463. The van der Waals surface area contributed by atoms with E-state index in [0.717, 1.165) is 51.2 Å². The number of anilines is 1. The van der Waals surface area contributed by atoms with E-state index in [1.165, 1.54) is 27.7 Å². The summed E-state index contributed by atoms with van der Waals surface area (Å²) in [7, 11) is 1.70. The molecule has 1 aromatic heterocycles. The summed E-state index contributed by atoms with van der Waals surface area (Å²) in [5, 5.41) is 5.04. The highest BCUT2D eigenvalue weighted by atomic mass is 16.5. The third-order valence-corrected chi connectivity index (χ3v) is 5.64. The molecule has 5 nitrogen and oxygen atoms in total. The van der Waals surface area contributed by atoms with Crippen molar-refractivity contribution in [2.24, 2.45) is 0 Å². The Kier molecular flexibility index (Phi) is 7.40. The van der Waals surface area contributed by atoms with Crippen LogP contribution in [0.5, 0.6) is 0 Å². The largest absolute Gasteiger partial charge is 0.382 e. The third kappa shape index (κ3) is 5.42. The van der Waals surface area contributed by atoms with Crippen LogP contribution in [0, 0.1) is 0 Å². The SMILES string of the molecule is COCCOCCCc1cc(NC2CCOCC2)c2[nH]c(-c3ccccc3)cc2c1. The van der Waals surface area contributed by atoms with Gasteiger partial charge >= 0.3 is 0 Å². The van der Waals surface area contributed by atoms with Crippen LogP contribution in [0.15, 0.2) is 48.5 Å². The molecular weight excluding hydrogens is 376 g/mol. The predicted octanol–water partition coefficient (Wildman–Crippen LogP) is 5.02. The Bertz CT molecular complexity index is 917. The van der Waals surface area contributed by atoms with Crippen molar-refractivity contribution in [1.82, 2.24) is 4.98 Å². The third-order valence-electron chi connectivity index (χ3n) is 5.64.